The Balaban J connectivity index is 1.78. The third-order valence-corrected chi connectivity index (χ3v) is 4.26. The van der Waals surface area contributed by atoms with Crippen LogP contribution in [0.1, 0.15) is 10.4 Å². The number of anilines is 2. The molecule has 3 rings (SSSR count). The van der Waals surface area contributed by atoms with E-state index in [1.165, 1.54) is 6.20 Å². The molecule has 140 valence electrons. The first-order valence-corrected chi connectivity index (χ1v) is 8.62. The van der Waals surface area contributed by atoms with Gasteiger partial charge in [0.15, 0.2) is 0 Å². The van der Waals surface area contributed by atoms with Gasteiger partial charge in [0, 0.05) is 41.6 Å². The van der Waals surface area contributed by atoms with E-state index in [0.717, 1.165) is 5.69 Å². The number of nitrogens with one attached hydrogen (secondary N) is 2. The molecule has 0 aliphatic carbocycles. The molecule has 7 nitrogen and oxygen atoms in total. The lowest BCUT2D eigenvalue weighted by atomic mass is 10.1. The van der Waals surface area contributed by atoms with Crippen molar-refractivity contribution in [3.8, 4) is 0 Å². The average Bonchev–Trinajstić information content (AvgIpc) is 2.69. The molecule has 0 bridgehead atoms. The summed E-state index contributed by atoms with van der Waals surface area (Å²) in [5, 5.41) is 21.4. The van der Waals surface area contributed by atoms with Crippen molar-refractivity contribution in [3.05, 3.63) is 70.5 Å². The van der Waals surface area contributed by atoms with Crippen molar-refractivity contribution >= 4 is 28.2 Å². The number of aliphatic hydroxyl groups excluding tert-OH is 2. The van der Waals surface area contributed by atoms with Gasteiger partial charge in [-0.1, -0.05) is 12.1 Å². The second-order valence-electron chi connectivity index (χ2n) is 6.01. The number of aromatic amines is 1. The van der Waals surface area contributed by atoms with Gasteiger partial charge >= 0.3 is 0 Å². The Morgan fingerprint density at radius 2 is 1.67 bits per heavy atom. The van der Waals surface area contributed by atoms with E-state index in [2.05, 4.69) is 10.3 Å². The van der Waals surface area contributed by atoms with Gasteiger partial charge in [-0.05, 0) is 36.4 Å². The first-order valence-electron chi connectivity index (χ1n) is 8.62. The number of para-hydroxylation sites is 1. The molecule has 0 aliphatic rings. The number of nitrogens with zero attached hydrogens (tertiary/aromatic N) is 1. The van der Waals surface area contributed by atoms with Crippen molar-refractivity contribution in [1.82, 2.24) is 4.98 Å². The van der Waals surface area contributed by atoms with E-state index in [9.17, 15) is 9.59 Å². The number of carbonyl (C=O) groups is 1. The van der Waals surface area contributed by atoms with Crippen LogP contribution >= 0.6 is 0 Å². The quantitative estimate of drug-likeness (QED) is 0.507. The fraction of sp³-hybridized carbons (Fsp3) is 0.200. The third-order valence-electron chi connectivity index (χ3n) is 4.26. The van der Waals surface area contributed by atoms with Crippen LogP contribution in [0.4, 0.5) is 11.4 Å². The van der Waals surface area contributed by atoms with Crippen LogP contribution in [0.3, 0.4) is 0 Å². The van der Waals surface area contributed by atoms with E-state index in [4.69, 9.17) is 10.2 Å². The summed E-state index contributed by atoms with van der Waals surface area (Å²) in [5.74, 6) is -0.489. The highest BCUT2D eigenvalue weighted by Crippen LogP contribution is 2.18. The van der Waals surface area contributed by atoms with Crippen LogP contribution in [0.25, 0.3) is 10.9 Å². The number of aromatic nitrogens is 1. The van der Waals surface area contributed by atoms with Crippen LogP contribution in [0.15, 0.2) is 59.5 Å². The van der Waals surface area contributed by atoms with E-state index < -0.39 is 5.91 Å². The molecule has 2 aromatic carbocycles. The first kappa shape index (κ1) is 18.6. The Labute approximate surface area is 155 Å². The van der Waals surface area contributed by atoms with Crippen LogP contribution in [0, 0.1) is 0 Å². The number of pyridine rings is 1. The third kappa shape index (κ3) is 4.16. The zero-order valence-corrected chi connectivity index (χ0v) is 14.7. The maximum atomic E-state index is 12.5. The van der Waals surface area contributed by atoms with Crippen LogP contribution in [0.2, 0.25) is 0 Å². The predicted octanol–water partition coefficient (Wildman–Crippen LogP) is 1.57. The Morgan fingerprint density at radius 1 is 1.00 bits per heavy atom. The molecule has 0 saturated heterocycles. The van der Waals surface area contributed by atoms with Crippen LogP contribution in [0.5, 0.6) is 0 Å². The summed E-state index contributed by atoms with van der Waals surface area (Å²) in [6, 6.07) is 14.0. The van der Waals surface area contributed by atoms with Gasteiger partial charge in [-0.15, -0.1) is 0 Å². The minimum absolute atomic E-state index is 0.0246. The van der Waals surface area contributed by atoms with Crippen molar-refractivity contribution in [1.29, 1.82) is 0 Å². The largest absolute Gasteiger partial charge is 0.395 e. The van der Waals surface area contributed by atoms with Crippen molar-refractivity contribution in [2.24, 2.45) is 0 Å². The van der Waals surface area contributed by atoms with Gasteiger partial charge in [0.1, 0.15) is 5.56 Å². The Kier molecular flexibility index (Phi) is 5.85. The molecule has 0 atom stereocenters. The number of fused-ring (bicyclic) bond motifs is 1. The Bertz CT molecular complexity index is 976. The molecule has 7 heteroatoms. The number of hydrogen-bond acceptors (Lipinski definition) is 5. The number of benzene rings is 2. The topological polar surface area (TPSA) is 106 Å². The van der Waals surface area contributed by atoms with Gasteiger partial charge in [-0.3, -0.25) is 9.59 Å². The normalized spacial score (nSPS) is 10.7. The predicted molar refractivity (Wildman–Crippen MR) is 105 cm³/mol. The molecule has 3 aromatic rings. The number of H-pyrrole nitrogens is 1. The highest BCUT2D eigenvalue weighted by atomic mass is 16.3. The highest BCUT2D eigenvalue weighted by molar-refractivity contribution is 6.05. The zero-order chi connectivity index (χ0) is 19.2. The summed E-state index contributed by atoms with van der Waals surface area (Å²) >= 11 is 0. The number of rotatable bonds is 7. The molecule has 0 unspecified atom stereocenters. The molecule has 0 aliphatic heterocycles. The molecule has 27 heavy (non-hydrogen) atoms. The zero-order valence-electron chi connectivity index (χ0n) is 14.7. The fourth-order valence-corrected chi connectivity index (χ4v) is 2.90. The van der Waals surface area contributed by atoms with Crippen molar-refractivity contribution < 1.29 is 15.0 Å². The number of carbonyl (C=O) groups excluding carboxylic acids is 1. The summed E-state index contributed by atoms with van der Waals surface area (Å²) in [6.07, 6.45) is 1.42. The lowest BCUT2D eigenvalue weighted by molar-refractivity contribution is 0.102. The molecule has 1 aromatic heterocycles. The van der Waals surface area contributed by atoms with Crippen LogP contribution in [-0.4, -0.2) is 47.4 Å². The molecular formula is C20H21N3O4. The minimum atomic E-state index is -0.489. The molecule has 0 spiro atoms. The number of hydrogen-bond donors (Lipinski definition) is 4. The SMILES string of the molecule is O=C(Nc1ccc(N(CCO)CCO)cc1)c1c[nH]c2ccccc2c1=O. The van der Waals surface area contributed by atoms with Crippen LogP contribution in [-0.2, 0) is 0 Å². The van der Waals surface area contributed by atoms with Gasteiger partial charge in [0.25, 0.3) is 5.91 Å². The maximum Gasteiger partial charge on any atom is 0.261 e. The van der Waals surface area contributed by atoms with Crippen molar-refractivity contribution in [2.45, 2.75) is 0 Å². The van der Waals surface area contributed by atoms with E-state index in [1.54, 1.807) is 42.5 Å². The molecule has 0 fully saturated rings. The van der Waals surface area contributed by atoms with Gasteiger partial charge in [0.05, 0.1) is 13.2 Å². The Morgan fingerprint density at radius 3 is 2.33 bits per heavy atom. The lowest BCUT2D eigenvalue weighted by Crippen LogP contribution is -2.29. The summed E-state index contributed by atoms with van der Waals surface area (Å²) in [4.78, 5) is 29.8. The summed E-state index contributed by atoms with van der Waals surface area (Å²) in [7, 11) is 0. The average molecular weight is 367 g/mol. The number of aliphatic hydroxyl groups is 2. The molecule has 4 N–H and O–H groups in total. The Hall–Kier alpha value is -3.16. The minimum Gasteiger partial charge on any atom is -0.395 e. The summed E-state index contributed by atoms with van der Waals surface area (Å²) in [5.41, 5.74) is 1.76. The highest BCUT2D eigenvalue weighted by Gasteiger charge is 2.13. The molecule has 0 saturated carbocycles. The van der Waals surface area contributed by atoms with Crippen LogP contribution < -0.4 is 15.6 Å². The number of amides is 1. The molecule has 1 amide bonds. The first-order chi connectivity index (χ1) is 13.1. The standard InChI is InChI=1S/C20H21N3O4/c24-11-9-23(10-12-25)15-7-5-14(6-8-15)22-20(27)17-13-21-18-4-2-1-3-16(18)19(17)26/h1-8,13,24-25H,9-12H2,(H,21,26)(H,22,27). The van der Waals surface area contributed by atoms with E-state index in [0.29, 0.717) is 29.7 Å². The molecule has 1 heterocycles. The van der Waals surface area contributed by atoms with Gasteiger partial charge < -0.3 is 25.4 Å². The van der Waals surface area contributed by atoms with E-state index in [-0.39, 0.29) is 24.2 Å². The van der Waals surface area contributed by atoms with Gasteiger partial charge in [-0.2, -0.15) is 0 Å². The van der Waals surface area contributed by atoms with Crippen molar-refractivity contribution in [2.75, 3.05) is 36.5 Å². The summed E-state index contributed by atoms with van der Waals surface area (Å²) in [6.45, 7) is 0.754. The fourth-order valence-electron chi connectivity index (χ4n) is 2.90. The smallest absolute Gasteiger partial charge is 0.261 e. The van der Waals surface area contributed by atoms with Gasteiger partial charge in [-0.25, -0.2) is 0 Å². The lowest BCUT2D eigenvalue weighted by Gasteiger charge is -2.23. The monoisotopic (exact) mass is 367 g/mol. The summed E-state index contributed by atoms with van der Waals surface area (Å²) < 4.78 is 0. The van der Waals surface area contributed by atoms with E-state index in [1.807, 2.05) is 11.0 Å². The molecular weight excluding hydrogens is 346 g/mol. The second kappa shape index (κ2) is 8.48. The molecule has 0 radical (unpaired) electrons. The second-order valence-corrected chi connectivity index (χ2v) is 6.01. The maximum absolute atomic E-state index is 12.5. The van der Waals surface area contributed by atoms with Crippen molar-refractivity contribution in [3.63, 3.8) is 0 Å². The van der Waals surface area contributed by atoms with E-state index >= 15 is 0 Å². The van der Waals surface area contributed by atoms with Gasteiger partial charge in [0.2, 0.25) is 5.43 Å².